The Kier molecular flexibility index (Phi) is 7.31. The third kappa shape index (κ3) is 5.77. The molecular formula is C25H19Cl3N4O3. The van der Waals surface area contributed by atoms with Gasteiger partial charge in [-0.3, -0.25) is 19.8 Å². The lowest BCUT2D eigenvalue weighted by Gasteiger charge is -2.16. The van der Waals surface area contributed by atoms with E-state index in [1.165, 1.54) is 22.9 Å². The van der Waals surface area contributed by atoms with Gasteiger partial charge in [0, 0.05) is 26.1 Å². The Hall–Kier alpha value is -3.52. The fraction of sp³-hybridized carbons (Fsp3) is 0.0800. The lowest BCUT2D eigenvalue weighted by atomic mass is 10.1. The predicted molar refractivity (Wildman–Crippen MR) is 139 cm³/mol. The Labute approximate surface area is 215 Å². The lowest BCUT2D eigenvalue weighted by Crippen LogP contribution is -2.40. The van der Waals surface area contributed by atoms with Crippen molar-refractivity contribution in [3.8, 4) is 0 Å². The van der Waals surface area contributed by atoms with Gasteiger partial charge < -0.3 is 10.6 Å². The molecule has 10 heteroatoms. The minimum atomic E-state index is -0.944. The zero-order valence-corrected chi connectivity index (χ0v) is 20.6. The zero-order chi connectivity index (χ0) is 25.1. The maximum atomic E-state index is 13.1. The molecule has 3 N–H and O–H groups in total. The molecule has 1 atom stereocenters. The molecule has 0 saturated heterocycles. The van der Waals surface area contributed by atoms with E-state index in [1.54, 1.807) is 31.2 Å². The van der Waals surface area contributed by atoms with E-state index >= 15 is 0 Å². The summed E-state index contributed by atoms with van der Waals surface area (Å²) in [7, 11) is 0. The first-order chi connectivity index (χ1) is 16.7. The number of carbonyl (C=O) groups is 3. The van der Waals surface area contributed by atoms with Crippen molar-refractivity contribution in [2.45, 2.75) is 13.0 Å². The molecule has 0 aliphatic heterocycles. The molecule has 0 saturated carbocycles. The van der Waals surface area contributed by atoms with Crippen molar-refractivity contribution in [3.05, 3.63) is 99.1 Å². The normalized spacial score (nSPS) is 11.7. The van der Waals surface area contributed by atoms with Crippen LogP contribution in [0.15, 0.2) is 72.8 Å². The number of fused-ring (bicyclic) bond motifs is 1. The molecular weight excluding hydrogens is 511 g/mol. The molecule has 35 heavy (non-hydrogen) atoms. The molecule has 0 bridgehead atoms. The Morgan fingerprint density at radius 3 is 2.17 bits per heavy atom. The summed E-state index contributed by atoms with van der Waals surface area (Å²) in [4.78, 5) is 38.5. The van der Waals surface area contributed by atoms with E-state index in [4.69, 9.17) is 34.8 Å². The molecule has 4 rings (SSSR count). The summed E-state index contributed by atoms with van der Waals surface area (Å²) in [5, 5.41) is 7.08. The molecule has 0 spiro atoms. The number of aromatic nitrogens is 1. The third-order valence-electron chi connectivity index (χ3n) is 5.18. The second kappa shape index (κ2) is 10.4. The number of rotatable bonds is 5. The monoisotopic (exact) mass is 528 g/mol. The molecule has 1 heterocycles. The van der Waals surface area contributed by atoms with Crippen LogP contribution in [0, 0.1) is 0 Å². The number of nitrogens with zero attached hydrogens (tertiary/aromatic N) is 1. The highest BCUT2D eigenvalue weighted by Crippen LogP contribution is 2.26. The maximum Gasteiger partial charge on any atom is 0.328 e. The summed E-state index contributed by atoms with van der Waals surface area (Å²) in [6, 6.07) is 19.9. The molecule has 178 valence electrons. The average molecular weight is 530 g/mol. The number of carbonyl (C=O) groups excluding carboxylic acids is 3. The van der Waals surface area contributed by atoms with Crippen molar-refractivity contribution < 1.29 is 14.4 Å². The number of halogens is 3. The molecule has 0 unspecified atom stereocenters. The van der Waals surface area contributed by atoms with Gasteiger partial charge in [-0.1, -0.05) is 65.1 Å². The van der Waals surface area contributed by atoms with Crippen LogP contribution < -0.4 is 16.1 Å². The number of hydrogen-bond donors (Lipinski definition) is 3. The predicted octanol–water partition coefficient (Wildman–Crippen LogP) is 5.80. The van der Waals surface area contributed by atoms with Crippen LogP contribution in [0.25, 0.3) is 10.9 Å². The molecule has 0 fully saturated rings. The average Bonchev–Trinajstić information content (AvgIpc) is 3.16. The van der Waals surface area contributed by atoms with E-state index < -0.39 is 23.8 Å². The van der Waals surface area contributed by atoms with Crippen molar-refractivity contribution in [3.63, 3.8) is 0 Å². The van der Waals surface area contributed by atoms with Gasteiger partial charge >= 0.3 is 11.8 Å². The minimum Gasteiger partial charge on any atom is -0.341 e. The highest BCUT2D eigenvalue weighted by atomic mass is 35.5. The van der Waals surface area contributed by atoms with E-state index in [2.05, 4.69) is 16.1 Å². The summed E-state index contributed by atoms with van der Waals surface area (Å²) < 4.78 is 1.24. The van der Waals surface area contributed by atoms with Gasteiger partial charge in [-0.15, -0.1) is 0 Å². The Balaban J connectivity index is 1.60. The first kappa shape index (κ1) is 24.6. The van der Waals surface area contributed by atoms with E-state index in [1.807, 2.05) is 30.3 Å². The Morgan fingerprint density at radius 1 is 0.800 bits per heavy atom. The number of hydrogen-bond acceptors (Lipinski definition) is 3. The van der Waals surface area contributed by atoms with Crippen LogP contribution in [-0.2, 0) is 9.59 Å². The van der Waals surface area contributed by atoms with Crippen LogP contribution in [0.5, 0.6) is 0 Å². The van der Waals surface area contributed by atoms with Crippen LogP contribution >= 0.6 is 34.8 Å². The van der Waals surface area contributed by atoms with Crippen molar-refractivity contribution >= 4 is 69.1 Å². The highest BCUT2D eigenvalue weighted by molar-refractivity contribution is 6.38. The largest absolute Gasteiger partial charge is 0.341 e. The van der Waals surface area contributed by atoms with E-state index in [0.717, 1.165) is 5.56 Å². The van der Waals surface area contributed by atoms with Gasteiger partial charge in [-0.05, 0) is 55.0 Å². The molecule has 3 aromatic carbocycles. The Bertz CT molecular complexity index is 1420. The van der Waals surface area contributed by atoms with Gasteiger partial charge in [0.2, 0.25) is 0 Å². The van der Waals surface area contributed by atoms with Crippen LogP contribution in [0.2, 0.25) is 15.1 Å². The second-order valence-corrected chi connectivity index (χ2v) is 9.04. The Morgan fingerprint density at radius 2 is 1.49 bits per heavy atom. The summed E-state index contributed by atoms with van der Waals surface area (Å²) in [6.45, 7) is 1.77. The smallest absolute Gasteiger partial charge is 0.328 e. The quantitative estimate of drug-likeness (QED) is 0.285. The van der Waals surface area contributed by atoms with Crippen LogP contribution in [0.1, 0.15) is 29.0 Å². The minimum absolute atomic E-state index is 0.0654. The van der Waals surface area contributed by atoms with E-state index in [0.29, 0.717) is 31.7 Å². The number of benzene rings is 3. The van der Waals surface area contributed by atoms with Gasteiger partial charge in [0.15, 0.2) is 0 Å². The van der Waals surface area contributed by atoms with E-state index in [9.17, 15) is 14.4 Å². The standard InChI is InChI=1S/C25H19Cl3N4O3/c1-14(15-5-3-2-4-6-15)29-24(34)25(35)31-32-21-8-7-17(26)9-16(21)10-22(32)23(33)30-20-12-18(27)11-19(28)13-20/h2-14H,1H3,(H,29,34)(H,30,33)(H,31,35)/t14-/m0/s1. The first-order valence-corrected chi connectivity index (χ1v) is 11.6. The fourth-order valence-corrected chi connectivity index (χ4v) is 4.24. The maximum absolute atomic E-state index is 13.1. The first-order valence-electron chi connectivity index (χ1n) is 10.5. The zero-order valence-electron chi connectivity index (χ0n) is 18.3. The lowest BCUT2D eigenvalue weighted by molar-refractivity contribution is -0.137. The SMILES string of the molecule is C[C@H](NC(=O)C(=O)Nn1c(C(=O)Nc2cc(Cl)cc(Cl)c2)cc2cc(Cl)ccc21)c1ccccc1. The summed E-state index contributed by atoms with van der Waals surface area (Å²) in [6.07, 6.45) is 0. The molecule has 0 radical (unpaired) electrons. The van der Waals surface area contributed by atoms with Crippen molar-refractivity contribution in [1.82, 2.24) is 9.99 Å². The molecule has 0 aliphatic rings. The number of anilines is 1. The topological polar surface area (TPSA) is 92.2 Å². The van der Waals surface area contributed by atoms with Gasteiger partial charge in [0.1, 0.15) is 5.69 Å². The van der Waals surface area contributed by atoms with Gasteiger partial charge in [0.05, 0.1) is 11.6 Å². The van der Waals surface area contributed by atoms with Gasteiger partial charge in [-0.25, -0.2) is 4.68 Å². The van der Waals surface area contributed by atoms with Gasteiger partial charge in [-0.2, -0.15) is 0 Å². The van der Waals surface area contributed by atoms with Crippen molar-refractivity contribution in [1.29, 1.82) is 0 Å². The van der Waals surface area contributed by atoms with E-state index in [-0.39, 0.29) is 5.69 Å². The molecule has 0 aliphatic carbocycles. The number of amides is 3. The highest BCUT2D eigenvalue weighted by Gasteiger charge is 2.22. The molecule has 3 amide bonds. The third-order valence-corrected chi connectivity index (χ3v) is 5.85. The summed E-state index contributed by atoms with van der Waals surface area (Å²) in [5.41, 5.74) is 4.25. The molecule has 7 nitrogen and oxygen atoms in total. The summed E-state index contributed by atoms with van der Waals surface area (Å²) >= 11 is 18.2. The molecule has 4 aromatic rings. The van der Waals surface area contributed by atoms with Crippen LogP contribution in [0.3, 0.4) is 0 Å². The fourth-order valence-electron chi connectivity index (χ4n) is 3.53. The summed E-state index contributed by atoms with van der Waals surface area (Å²) in [5.74, 6) is -2.36. The molecule has 1 aromatic heterocycles. The van der Waals surface area contributed by atoms with Crippen LogP contribution in [-0.4, -0.2) is 22.4 Å². The van der Waals surface area contributed by atoms with Crippen molar-refractivity contribution in [2.75, 3.05) is 10.7 Å². The van der Waals surface area contributed by atoms with Crippen LogP contribution in [0.4, 0.5) is 5.69 Å². The van der Waals surface area contributed by atoms with Gasteiger partial charge in [0.25, 0.3) is 5.91 Å². The van der Waals surface area contributed by atoms with Crippen molar-refractivity contribution in [2.24, 2.45) is 0 Å². The number of nitrogens with one attached hydrogen (secondary N) is 3. The second-order valence-electron chi connectivity index (χ2n) is 7.73.